The van der Waals surface area contributed by atoms with E-state index < -0.39 is 6.04 Å². The fourth-order valence-corrected chi connectivity index (χ4v) is 3.09. The summed E-state index contributed by atoms with van der Waals surface area (Å²) in [6, 6.07) is 14.0. The molecule has 6 heteroatoms. The first-order valence-corrected chi connectivity index (χ1v) is 8.30. The second-order valence-corrected chi connectivity index (χ2v) is 6.34. The SMILES string of the molecule is CC1=C(C(=O)Nc2ccccc2C)[C@@H](c2ccc(O)cc2)NC(=S)N1. The number of carbonyl (C=O) groups is 1. The van der Waals surface area contributed by atoms with E-state index in [1.54, 1.807) is 24.3 Å². The minimum absolute atomic E-state index is 0.173. The topological polar surface area (TPSA) is 73.4 Å². The zero-order valence-electron chi connectivity index (χ0n) is 14.0. The van der Waals surface area contributed by atoms with Gasteiger partial charge in [0.05, 0.1) is 11.6 Å². The molecule has 2 aromatic rings. The molecule has 5 nitrogen and oxygen atoms in total. The van der Waals surface area contributed by atoms with Gasteiger partial charge in [-0.25, -0.2) is 0 Å². The molecular weight excluding hydrogens is 334 g/mol. The van der Waals surface area contributed by atoms with Crippen molar-refractivity contribution in [1.82, 2.24) is 10.6 Å². The van der Waals surface area contributed by atoms with Crippen LogP contribution in [0.4, 0.5) is 5.69 Å². The maximum Gasteiger partial charge on any atom is 0.255 e. The van der Waals surface area contributed by atoms with Crippen LogP contribution in [-0.2, 0) is 4.79 Å². The van der Waals surface area contributed by atoms with Crippen molar-refractivity contribution in [2.24, 2.45) is 0 Å². The largest absolute Gasteiger partial charge is 0.508 e. The zero-order valence-corrected chi connectivity index (χ0v) is 14.8. The van der Waals surface area contributed by atoms with Gasteiger partial charge in [-0.2, -0.15) is 0 Å². The fourth-order valence-electron chi connectivity index (χ4n) is 2.81. The quantitative estimate of drug-likeness (QED) is 0.638. The van der Waals surface area contributed by atoms with Crippen molar-refractivity contribution in [2.75, 3.05) is 5.32 Å². The predicted octanol–water partition coefficient (Wildman–Crippen LogP) is 3.13. The maximum absolute atomic E-state index is 12.9. The van der Waals surface area contributed by atoms with Crippen molar-refractivity contribution >= 4 is 28.9 Å². The monoisotopic (exact) mass is 353 g/mol. The molecule has 0 bridgehead atoms. The number of phenols is 1. The lowest BCUT2D eigenvalue weighted by Gasteiger charge is -2.30. The lowest BCUT2D eigenvalue weighted by atomic mass is 9.94. The van der Waals surface area contributed by atoms with Crippen LogP contribution < -0.4 is 16.0 Å². The molecule has 1 atom stereocenters. The first-order chi connectivity index (χ1) is 12.0. The number of nitrogens with one attached hydrogen (secondary N) is 3. The summed E-state index contributed by atoms with van der Waals surface area (Å²) in [5, 5.41) is 19.1. The van der Waals surface area contributed by atoms with E-state index in [0.717, 1.165) is 16.8 Å². The van der Waals surface area contributed by atoms with Crippen LogP contribution in [0.5, 0.6) is 5.75 Å². The number of phenolic OH excluding ortho intramolecular Hbond substituents is 1. The maximum atomic E-state index is 12.9. The van der Waals surface area contributed by atoms with E-state index in [2.05, 4.69) is 16.0 Å². The van der Waals surface area contributed by atoms with Gasteiger partial charge in [-0.05, 0) is 55.4 Å². The Bertz CT molecular complexity index is 859. The van der Waals surface area contributed by atoms with E-state index in [1.807, 2.05) is 38.1 Å². The molecule has 3 rings (SSSR count). The summed E-state index contributed by atoms with van der Waals surface area (Å²) in [5.74, 6) is -0.0285. The Hall–Kier alpha value is -2.86. The lowest BCUT2D eigenvalue weighted by Crippen LogP contribution is -2.45. The average Bonchev–Trinajstić information content (AvgIpc) is 2.57. The fraction of sp³-hybridized carbons (Fsp3) is 0.158. The molecule has 2 aromatic carbocycles. The highest BCUT2D eigenvalue weighted by molar-refractivity contribution is 7.80. The molecule has 1 heterocycles. The lowest BCUT2D eigenvalue weighted by molar-refractivity contribution is -0.113. The summed E-state index contributed by atoms with van der Waals surface area (Å²) in [4.78, 5) is 12.9. The average molecular weight is 353 g/mol. The minimum atomic E-state index is -0.390. The highest BCUT2D eigenvalue weighted by Crippen LogP contribution is 2.29. The molecular formula is C19H19N3O2S. The second kappa shape index (κ2) is 6.94. The van der Waals surface area contributed by atoms with Crippen molar-refractivity contribution in [3.8, 4) is 5.75 Å². The van der Waals surface area contributed by atoms with Crippen molar-refractivity contribution in [3.05, 3.63) is 70.9 Å². The number of carbonyl (C=O) groups excluding carboxylic acids is 1. The smallest absolute Gasteiger partial charge is 0.255 e. The number of aromatic hydroxyl groups is 1. The summed E-state index contributed by atoms with van der Waals surface area (Å²) < 4.78 is 0. The van der Waals surface area contributed by atoms with E-state index in [0.29, 0.717) is 16.4 Å². The normalized spacial score (nSPS) is 16.9. The molecule has 0 fully saturated rings. The van der Waals surface area contributed by atoms with Crippen LogP contribution in [-0.4, -0.2) is 16.1 Å². The van der Waals surface area contributed by atoms with Gasteiger partial charge in [0, 0.05) is 11.4 Å². The summed E-state index contributed by atoms with van der Waals surface area (Å²) >= 11 is 5.24. The van der Waals surface area contributed by atoms with Gasteiger partial charge in [0.1, 0.15) is 5.75 Å². The highest BCUT2D eigenvalue weighted by atomic mass is 32.1. The van der Waals surface area contributed by atoms with Gasteiger partial charge < -0.3 is 21.1 Å². The van der Waals surface area contributed by atoms with Gasteiger partial charge >= 0.3 is 0 Å². The van der Waals surface area contributed by atoms with Crippen LogP contribution >= 0.6 is 12.2 Å². The number of rotatable bonds is 3. The molecule has 25 heavy (non-hydrogen) atoms. The summed E-state index contributed by atoms with van der Waals surface area (Å²) in [7, 11) is 0. The van der Waals surface area contributed by atoms with Gasteiger partial charge in [0.2, 0.25) is 0 Å². The van der Waals surface area contributed by atoms with Crippen LogP contribution in [0.2, 0.25) is 0 Å². The molecule has 0 saturated carbocycles. The molecule has 0 aromatic heterocycles. The number of benzene rings is 2. The summed E-state index contributed by atoms with van der Waals surface area (Å²) in [6.45, 7) is 3.77. The Morgan fingerprint density at radius 3 is 2.48 bits per heavy atom. The summed E-state index contributed by atoms with van der Waals surface area (Å²) in [6.07, 6.45) is 0. The molecule has 0 aliphatic carbocycles. The van der Waals surface area contributed by atoms with Gasteiger partial charge in [-0.3, -0.25) is 4.79 Å². The Balaban J connectivity index is 1.96. The van der Waals surface area contributed by atoms with Crippen LogP contribution in [0.25, 0.3) is 0 Å². The third-order valence-corrected chi connectivity index (χ3v) is 4.35. The molecule has 1 aliphatic heterocycles. The molecule has 1 aliphatic rings. The van der Waals surface area contributed by atoms with E-state index in [1.165, 1.54) is 0 Å². The Kier molecular flexibility index (Phi) is 4.72. The van der Waals surface area contributed by atoms with Gasteiger partial charge in [0.25, 0.3) is 5.91 Å². The standard InChI is InChI=1S/C19H19N3O2S/c1-11-5-3-4-6-15(11)21-18(24)16-12(2)20-19(25)22-17(16)13-7-9-14(23)10-8-13/h3-10,17,23H,1-2H3,(H,21,24)(H2,20,22,25)/t17-/m1/s1. The van der Waals surface area contributed by atoms with E-state index in [9.17, 15) is 9.90 Å². The second-order valence-electron chi connectivity index (χ2n) is 5.93. The van der Waals surface area contributed by atoms with Gasteiger partial charge in [0.15, 0.2) is 5.11 Å². The molecule has 0 radical (unpaired) electrons. The van der Waals surface area contributed by atoms with Crippen LogP contribution in [0.15, 0.2) is 59.8 Å². The van der Waals surface area contributed by atoms with E-state index in [-0.39, 0.29) is 11.7 Å². The first-order valence-electron chi connectivity index (χ1n) is 7.90. The molecule has 1 amide bonds. The third-order valence-electron chi connectivity index (χ3n) is 4.13. The number of anilines is 1. The number of hydrogen-bond donors (Lipinski definition) is 4. The third kappa shape index (κ3) is 3.64. The predicted molar refractivity (Wildman–Crippen MR) is 102 cm³/mol. The van der Waals surface area contributed by atoms with E-state index in [4.69, 9.17) is 12.2 Å². The number of hydrogen-bond acceptors (Lipinski definition) is 3. The number of allylic oxidation sites excluding steroid dienone is 1. The van der Waals surface area contributed by atoms with Crippen molar-refractivity contribution in [1.29, 1.82) is 0 Å². The molecule has 0 spiro atoms. The first kappa shape index (κ1) is 17.0. The van der Waals surface area contributed by atoms with Gasteiger partial charge in [-0.15, -0.1) is 0 Å². The Labute approximate surface area is 151 Å². The zero-order chi connectivity index (χ0) is 18.0. The van der Waals surface area contributed by atoms with Crippen molar-refractivity contribution in [2.45, 2.75) is 19.9 Å². The van der Waals surface area contributed by atoms with Crippen LogP contribution in [0.1, 0.15) is 24.1 Å². The molecule has 0 saturated heterocycles. The van der Waals surface area contributed by atoms with Crippen molar-refractivity contribution < 1.29 is 9.90 Å². The van der Waals surface area contributed by atoms with Crippen molar-refractivity contribution in [3.63, 3.8) is 0 Å². The molecule has 4 N–H and O–H groups in total. The van der Waals surface area contributed by atoms with Crippen LogP contribution in [0.3, 0.4) is 0 Å². The minimum Gasteiger partial charge on any atom is -0.508 e. The molecule has 0 unspecified atom stereocenters. The number of aryl methyl sites for hydroxylation is 1. The van der Waals surface area contributed by atoms with Crippen LogP contribution in [0, 0.1) is 6.92 Å². The number of para-hydroxylation sites is 1. The summed E-state index contributed by atoms with van der Waals surface area (Å²) in [5.41, 5.74) is 3.86. The molecule has 128 valence electrons. The van der Waals surface area contributed by atoms with E-state index >= 15 is 0 Å². The number of thiocarbonyl (C=S) groups is 1. The number of amides is 1. The Morgan fingerprint density at radius 1 is 1.12 bits per heavy atom. The van der Waals surface area contributed by atoms with Gasteiger partial charge in [-0.1, -0.05) is 30.3 Å². The Morgan fingerprint density at radius 2 is 1.80 bits per heavy atom. The highest BCUT2D eigenvalue weighted by Gasteiger charge is 2.30.